The zero-order valence-electron chi connectivity index (χ0n) is 11.8. The first-order valence-electron chi connectivity index (χ1n) is 6.66. The predicted octanol–water partition coefficient (Wildman–Crippen LogP) is 2.79. The van der Waals surface area contributed by atoms with Crippen LogP contribution >= 0.6 is 22.9 Å². The van der Waals surface area contributed by atoms with Crippen molar-refractivity contribution in [1.82, 2.24) is 9.55 Å². The number of nitrogens with zero attached hydrogens (tertiary/aromatic N) is 1. The largest absolute Gasteiger partial charge is 0.492 e. The summed E-state index contributed by atoms with van der Waals surface area (Å²) in [5, 5.41) is 1.16. The Kier molecular flexibility index (Phi) is 4.04. The lowest BCUT2D eigenvalue weighted by Crippen LogP contribution is -2.36. The van der Waals surface area contributed by atoms with Crippen LogP contribution in [-0.4, -0.2) is 16.2 Å². The first-order chi connectivity index (χ1) is 10.5. The van der Waals surface area contributed by atoms with E-state index in [1.54, 1.807) is 30.3 Å². The Bertz CT molecular complexity index is 925. The Balaban J connectivity index is 1.80. The number of thiophene rings is 1. The molecule has 114 valence electrons. The Morgan fingerprint density at radius 2 is 2.00 bits per heavy atom. The van der Waals surface area contributed by atoms with Gasteiger partial charge in [0.1, 0.15) is 17.2 Å². The van der Waals surface area contributed by atoms with Crippen molar-refractivity contribution in [2.45, 2.75) is 13.5 Å². The van der Waals surface area contributed by atoms with Crippen LogP contribution in [0.3, 0.4) is 0 Å². The van der Waals surface area contributed by atoms with E-state index in [-0.39, 0.29) is 18.7 Å². The van der Waals surface area contributed by atoms with E-state index in [4.69, 9.17) is 16.3 Å². The molecule has 0 amide bonds. The molecule has 0 spiro atoms. The molecule has 22 heavy (non-hydrogen) atoms. The molecular formula is C15H13ClN2O3S. The molecule has 2 heterocycles. The number of ether oxygens (including phenoxy) is 1. The number of fused-ring (bicyclic) bond motifs is 1. The smallest absolute Gasteiger partial charge is 0.329 e. The lowest BCUT2D eigenvalue weighted by molar-refractivity contribution is 0.294. The molecule has 1 aromatic carbocycles. The summed E-state index contributed by atoms with van der Waals surface area (Å²) < 4.78 is 6.68. The van der Waals surface area contributed by atoms with Crippen molar-refractivity contribution < 1.29 is 4.74 Å². The van der Waals surface area contributed by atoms with E-state index < -0.39 is 5.69 Å². The van der Waals surface area contributed by atoms with E-state index in [1.165, 1.54) is 11.3 Å². The fourth-order valence-corrected chi connectivity index (χ4v) is 3.18. The minimum Gasteiger partial charge on any atom is -0.492 e. The fourth-order valence-electron chi connectivity index (χ4n) is 2.16. The summed E-state index contributed by atoms with van der Waals surface area (Å²) in [5.41, 5.74) is -0.707. The maximum atomic E-state index is 12.3. The molecule has 7 heteroatoms. The molecule has 1 N–H and O–H groups in total. The molecule has 0 bridgehead atoms. The SMILES string of the molecule is Cc1cc2c(=O)n(CCOc3ccc(Cl)cc3)c(=O)[nH]c2s1. The summed E-state index contributed by atoms with van der Waals surface area (Å²) in [4.78, 5) is 28.6. The van der Waals surface area contributed by atoms with Gasteiger partial charge in [-0.15, -0.1) is 11.3 Å². The maximum Gasteiger partial charge on any atom is 0.329 e. The van der Waals surface area contributed by atoms with Gasteiger partial charge in [0.2, 0.25) is 0 Å². The van der Waals surface area contributed by atoms with E-state index in [0.29, 0.717) is 21.0 Å². The van der Waals surface area contributed by atoms with E-state index in [9.17, 15) is 9.59 Å². The number of aryl methyl sites for hydroxylation is 1. The predicted molar refractivity (Wildman–Crippen MR) is 88.4 cm³/mol. The number of H-pyrrole nitrogens is 1. The highest BCUT2D eigenvalue weighted by Crippen LogP contribution is 2.18. The molecule has 0 fully saturated rings. The molecule has 5 nitrogen and oxygen atoms in total. The Hall–Kier alpha value is -2.05. The van der Waals surface area contributed by atoms with Crippen LogP contribution in [-0.2, 0) is 6.54 Å². The van der Waals surface area contributed by atoms with Gasteiger partial charge in [-0.2, -0.15) is 0 Å². The molecule has 0 unspecified atom stereocenters. The highest BCUT2D eigenvalue weighted by Gasteiger charge is 2.10. The average molecular weight is 337 g/mol. The third kappa shape index (κ3) is 2.93. The van der Waals surface area contributed by atoms with Crippen LogP contribution in [0.2, 0.25) is 5.02 Å². The number of rotatable bonds is 4. The minimum atomic E-state index is -0.418. The molecule has 0 aliphatic heterocycles. The standard InChI is InChI=1S/C15H13ClN2O3S/c1-9-8-12-13(22-9)17-15(20)18(14(12)19)6-7-21-11-4-2-10(16)3-5-11/h2-5,8H,6-7H2,1H3,(H,17,20). The second-order valence-corrected chi connectivity index (χ2v) is 6.48. The highest BCUT2D eigenvalue weighted by atomic mass is 35.5. The normalized spacial score (nSPS) is 11.0. The van der Waals surface area contributed by atoms with Crippen molar-refractivity contribution in [3.63, 3.8) is 0 Å². The summed E-state index contributed by atoms with van der Waals surface area (Å²) in [6, 6.07) is 8.70. The van der Waals surface area contributed by atoms with Crippen molar-refractivity contribution in [1.29, 1.82) is 0 Å². The number of benzene rings is 1. The van der Waals surface area contributed by atoms with E-state index in [1.807, 2.05) is 6.92 Å². The van der Waals surface area contributed by atoms with Crippen LogP contribution in [0.4, 0.5) is 0 Å². The van der Waals surface area contributed by atoms with Crippen LogP contribution < -0.4 is 16.0 Å². The Morgan fingerprint density at radius 1 is 1.27 bits per heavy atom. The lowest BCUT2D eigenvalue weighted by atomic mass is 10.3. The van der Waals surface area contributed by atoms with Gasteiger partial charge in [0, 0.05) is 9.90 Å². The van der Waals surface area contributed by atoms with Gasteiger partial charge in [0.05, 0.1) is 11.9 Å². The zero-order chi connectivity index (χ0) is 15.7. The number of aromatic amines is 1. The van der Waals surface area contributed by atoms with Crippen molar-refractivity contribution in [2.75, 3.05) is 6.61 Å². The quantitative estimate of drug-likeness (QED) is 0.796. The van der Waals surface area contributed by atoms with Gasteiger partial charge in [0.25, 0.3) is 5.56 Å². The second-order valence-electron chi connectivity index (χ2n) is 4.79. The number of aromatic nitrogens is 2. The molecule has 0 saturated carbocycles. The topological polar surface area (TPSA) is 64.1 Å². The van der Waals surface area contributed by atoms with Crippen LogP contribution in [0.1, 0.15) is 4.88 Å². The van der Waals surface area contributed by atoms with Crippen LogP contribution in [0.15, 0.2) is 39.9 Å². The number of halogens is 1. The summed E-state index contributed by atoms with van der Waals surface area (Å²) in [6.07, 6.45) is 0. The van der Waals surface area contributed by atoms with Crippen LogP contribution in [0.25, 0.3) is 10.2 Å². The van der Waals surface area contributed by atoms with E-state index >= 15 is 0 Å². The molecule has 2 aromatic heterocycles. The number of hydrogen-bond donors (Lipinski definition) is 1. The molecular weight excluding hydrogens is 324 g/mol. The van der Waals surface area contributed by atoms with E-state index in [0.717, 1.165) is 9.44 Å². The van der Waals surface area contributed by atoms with Crippen LogP contribution in [0, 0.1) is 6.92 Å². The van der Waals surface area contributed by atoms with Gasteiger partial charge in [-0.1, -0.05) is 11.6 Å². The Labute approximate surface area is 134 Å². The lowest BCUT2D eigenvalue weighted by Gasteiger charge is -2.07. The number of hydrogen-bond acceptors (Lipinski definition) is 4. The molecule has 3 rings (SSSR count). The summed E-state index contributed by atoms with van der Waals surface area (Å²) in [6.45, 7) is 2.30. The van der Waals surface area contributed by atoms with Gasteiger partial charge >= 0.3 is 5.69 Å². The highest BCUT2D eigenvalue weighted by molar-refractivity contribution is 7.18. The number of nitrogens with one attached hydrogen (secondary N) is 1. The Morgan fingerprint density at radius 3 is 2.73 bits per heavy atom. The van der Waals surface area contributed by atoms with Crippen molar-refractivity contribution >= 4 is 33.2 Å². The zero-order valence-corrected chi connectivity index (χ0v) is 13.3. The molecule has 0 aliphatic rings. The summed E-state index contributed by atoms with van der Waals surface area (Å²) in [5.74, 6) is 0.640. The monoisotopic (exact) mass is 336 g/mol. The first-order valence-corrected chi connectivity index (χ1v) is 7.85. The molecule has 0 atom stereocenters. The van der Waals surface area contributed by atoms with Gasteiger partial charge in [-0.05, 0) is 37.3 Å². The summed E-state index contributed by atoms with van der Waals surface area (Å²) in [7, 11) is 0. The van der Waals surface area contributed by atoms with Gasteiger partial charge in [0.15, 0.2) is 0 Å². The molecule has 0 aliphatic carbocycles. The summed E-state index contributed by atoms with van der Waals surface area (Å²) >= 11 is 7.19. The van der Waals surface area contributed by atoms with E-state index in [2.05, 4.69) is 4.98 Å². The molecule has 0 radical (unpaired) electrons. The van der Waals surface area contributed by atoms with Crippen LogP contribution in [0.5, 0.6) is 5.75 Å². The molecule has 3 aromatic rings. The first kappa shape index (κ1) is 14.9. The van der Waals surface area contributed by atoms with Gasteiger partial charge in [-0.25, -0.2) is 4.79 Å². The minimum absolute atomic E-state index is 0.182. The average Bonchev–Trinajstić information content (AvgIpc) is 2.85. The third-order valence-electron chi connectivity index (χ3n) is 3.19. The maximum absolute atomic E-state index is 12.3. The van der Waals surface area contributed by atoms with Crippen molar-refractivity contribution in [2.24, 2.45) is 0 Å². The third-order valence-corrected chi connectivity index (χ3v) is 4.41. The fraction of sp³-hybridized carbons (Fsp3) is 0.200. The molecule has 0 saturated heterocycles. The van der Waals surface area contributed by atoms with Crippen molar-refractivity contribution in [3.05, 3.63) is 61.1 Å². The van der Waals surface area contributed by atoms with Gasteiger partial charge in [-0.3, -0.25) is 14.3 Å². The van der Waals surface area contributed by atoms with Gasteiger partial charge < -0.3 is 4.74 Å². The second kappa shape index (κ2) is 5.98. The van der Waals surface area contributed by atoms with Crippen molar-refractivity contribution in [3.8, 4) is 5.75 Å².